The average Bonchev–Trinajstić information content (AvgIpc) is 1.96. The molecule has 0 radical (unpaired) electrons. The van der Waals surface area contributed by atoms with Crippen LogP contribution in [0.5, 0.6) is 0 Å². The molecule has 0 amide bonds. The first-order valence-electron chi connectivity index (χ1n) is 3.25. The van der Waals surface area contributed by atoms with Crippen LogP contribution < -0.4 is 0 Å². The minimum atomic E-state index is -0.949. The van der Waals surface area contributed by atoms with Gasteiger partial charge in [0.15, 0.2) is 0 Å². The molecule has 0 unspecified atom stereocenters. The molecule has 0 heterocycles. The van der Waals surface area contributed by atoms with Gasteiger partial charge >= 0.3 is 5.97 Å². The molecule has 0 atom stereocenters. The molecule has 64 valence electrons. The third-order valence-corrected chi connectivity index (χ3v) is 2.21. The highest BCUT2D eigenvalue weighted by Gasteiger charge is 2.03. The van der Waals surface area contributed by atoms with Gasteiger partial charge in [-0.1, -0.05) is 6.07 Å². The zero-order chi connectivity index (χ0) is 9.14. The monoisotopic (exact) mass is 280 g/mol. The van der Waals surface area contributed by atoms with Crippen molar-refractivity contribution in [3.05, 3.63) is 33.1 Å². The first-order valence-corrected chi connectivity index (χ1v) is 4.33. The fourth-order valence-corrected chi connectivity index (χ4v) is 1.16. The number of hydrogen-bond donors (Lipinski definition) is 1. The maximum Gasteiger partial charge on any atom is 0.307 e. The smallest absolute Gasteiger partial charge is 0.307 e. The van der Waals surface area contributed by atoms with Gasteiger partial charge in [-0.25, -0.2) is 4.39 Å². The summed E-state index contributed by atoms with van der Waals surface area (Å²) in [7, 11) is 0. The number of rotatable bonds is 2. The van der Waals surface area contributed by atoms with E-state index in [0.717, 1.165) is 0 Å². The van der Waals surface area contributed by atoms with Crippen molar-refractivity contribution in [3.8, 4) is 0 Å². The topological polar surface area (TPSA) is 37.3 Å². The van der Waals surface area contributed by atoms with E-state index in [1.54, 1.807) is 12.1 Å². The van der Waals surface area contributed by atoms with Gasteiger partial charge in [-0.3, -0.25) is 4.79 Å². The van der Waals surface area contributed by atoms with Gasteiger partial charge in [0.2, 0.25) is 0 Å². The SMILES string of the molecule is O=C(O)Cc1ccc(I)c(F)c1. The van der Waals surface area contributed by atoms with E-state index >= 15 is 0 Å². The first kappa shape index (κ1) is 9.44. The van der Waals surface area contributed by atoms with Gasteiger partial charge in [-0.15, -0.1) is 0 Å². The van der Waals surface area contributed by atoms with Crippen LogP contribution in [-0.4, -0.2) is 11.1 Å². The fraction of sp³-hybridized carbons (Fsp3) is 0.125. The van der Waals surface area contributed by atoms with Gasteiger partial charge in [0, 0.05) is 3.57 Å². The maximum atomic E-state index is 12.8. The van der Waals surface area contributed by atoms with Crippen LogP contribution in [0.4, 0.5) is 4.39 Å². The van der Waals surface area contributed by atoms with E-state index in [1.165, 1.54) is 6.07 Å². The highest BCUT2D eigenvalue weighted by molar-refractivity contribution is 14.1. The standard InChI is InChI=1S/C8H6FIO2/c9-6-3-5(4-8(11)12)1-2-7(6)10/h1-3H,4H2,(H,11,12). The largest absolute Gasteiger partial charge is 0.481 e. The van der Waals surface area contributed by atoms with Crippen molar-refractivity contribution in [3.63, 3.8) is 0 Å². The third kappa shape index (κ3) is 2.44. The van der Waals surface area contributed by atoms with Gasteiger partial charge in [0.1, 0.15) is 5.82 Å². The minimum Gasteiger partial charge on any atom is -0.481 e. The molecule has 0 spiro atoms. The van der Waals surface area contributed by atoms with Crippen molar-refractivity contribution in [2.24, 2.45) is 0 Å². The van der Waals surface area contributed by atoms with Gasteiger partial charge in [0.25, 0.3) is 0 Å². The number of hydrogen-bond acceptors (Lipinski definition) is 1. The highest BCUT2D eigenvalue weighted by Crippen LogP contribution is 2.12. The van der Waals surface area contributed by atoms with Gasteiger partial charge in [0.05, 0.1) is 6.42 Å². The van der Waals surface area contributed by atoms with Gasteiger partial charge in [-0.05, 0) is 40.3 Å². The first-order chi connectivity index (χ1) is 5.59. The molecule has 0 saturated carbocycles. The summed E-state index contributed by atoms with van der Waals surface area (Å²) in [5, 5.41) is 8.40. The second kappa shape index (κ2) is 3.84. The van der Waals surface area contributed by atoms with E-state index in [-0.39, 0.29) is 12.2 Å². The summed E-state index contributed by atoms with van der Waals surface area (Å²) in [6, 6.07) is 4.42. The van der Waals surface area contributed by atoms with Crippen molar-refractivity contribution in [1.29, 1.82) is 0 Å². The van der Waals surface area contributed by atoms with Crippen LogP contribution in [-0.2, 0) is 11.2 Å². The van der Waals surface area contributed by atoms with Crippen LogP contribution >= 0.6 is 22.6 Å². The van der Waals surface area contributed by atoms with E-state index in [0.29, 0.717) is 9.13 Å². The van der Waals surface area contributed by atoms with E-state index in [2.05, 4.69) is 0 Å². The number of benzene rings is 1. The normalized spacial score (nSPS) is 9.83. The molecule has 4 heteroatoms. The number of carboxylic acid groups (broad SMARTS) is 1. The Morgan fingerprint density at radius 1 is 1.58 bits per heavy atom. The molecule has 0 saturated heterocycles. The van der Waals surface area contributed by atoms with Crippen molar-refractivity contribution in [1.82, 2.24) is 0 Å². The Bertz CT molecular complexity index is 312. The van der Waals surface area contributed by atoms with E-state index < -0.39 is 5.97 Å². The molecule has 0 bridgehead atoms. The highest BCUT2D eigenvalue weighted by atomic mass is 127. The third-order valence-electron chi connectivity index (χ3n) is 1.34. The average molecular weight is 280 g/mol. The second-order valence-electron chi connectivity index (χ2n) is 2.32. The number of aliphatic carboxylic acids is 1. The van der Waals surface area contributed by atoms with Crippen LogP contribution in [0.15, 0.2) is 18.2 Å². The molecule has 1 aromatic rings. The lowest BCUT2D eigenvalue weighted by atomic mass is 10.1. The Morgan fingerprint density at radius 2 is 2.25 bits per heavy atom. The summed E-state index contributed by atoms with van der Waals surface area (Å²) in [5.41, 5.74) is 0.486. The predicted molar refractivity (Wildman–Crippen MR) is 50.5 cm³/mol. The Labute approximate surface area is 82.5 Å². The molecule has 12 heavy (non-hydrogen) atoms. The zero-order valence-electron chi connectivity index (χ0n) is 6.05. The summed E-state index contributed by atoms with van der Waals surface area (Å²) < 4.78 is 13.3. The Hall–Kier alpha value is -0.650. The van der Waals surface area contributed by atoms with E-state index in [9.17, 15) is 9.18 Å². The summed E-state index contributed by atoms with van der Waals surface area (Å²) in [5.74, 6) is -1.31. The molecule has 0 fully saturated rings. The van der Waals surface area contributed by atoms with E-state index in [4.69, 9.17) is 5.11 Å². The quantitative estimate of drug-likeness (QED) is 0.842. The number of halogens is 2. The summed E-state index contributed by atoms with van der Waals surface area (Å²) >= 11 is 1.85. The second-order valence-corrected chi connectivity index (χ2v) is 3.48. The molecule has 1 aromatic carbocycles. The summed E-state index contributed by atoms with van der Waals surface area (Å²) in [4.78, 5) is 10.2. The van der Waals surface area contributed by atoms with Crippen molar-refractivity contribution in [2.75, 3.05) is 0 Å². The molecule has 1 N–H and O–H groups in total. The lowest BCUT2D eigenvalue weighted by molar-refractivity contribution is -0.136. The molecule has 0 aliphatic rings. The Kier molecular flexibility index (Phi) is 3.02. The molecular formula is C8H6FIO2. The van der Waals surface area contributed by atoms with Gasteiger partial charge < -0.3 is 5.11 Å². The lowest BCUT2D eigenvalue weighted by Crippen LogP contribution is -2.00. The number of carbonyl (C=O) groups is 1. The summed E-state index contributed by atoms with van der Waals surface area (Å²) in [6.07, 6.45) is -0.131. The molecular weight excluding hydrogens is 274 g/mol. The molecule has 0 aliphatic heterocycles. The van der Waals surface area contributed by atoms with Crippen LogP contribution in [0.25, 0.3) is 0 Å². The van der Waals surface area contributed by atoms with Crippen LogP contribution in [0, 0.1) is 9.39 Å². The maximum absolute atomic E-state index is 12.8. The van der Waals surface area contributed by atoms with Crippen LogP contribution in [0.2, 0.25) is 0 Å². The van der Waals surface area contributed by atoms with Crippen molar-refractivity contribution < 1.29 is 14.3 Å². The fourth-order valence-electron chi connectivity index (χ4n) is 0.824. The Balaban J connectivity index is 2.89. The summed E-state index contributed by atoms with van der Waals surface area (Å²) in [6.45, 7) is 0. The van der Waals surface area contributed by atoms with Crippen LogP contribution in [0.3, 0.4) is 0 Å². The predicted octanol–water partition coefficient (Wildman–Crippen LogP) is 2.06. The van der Waals surface area contributed by atoms with Crippen LogP contribution in [0.1, 0.15) is 5.56 Å². The zero-order valence-corrected chi connectivity index (χ0v) is 8.21. The molecule has 2 nitrogen and oxygen atoms in total. The molecule has 0 aromatic heterocycles. The van der Waals surface area contributed by atoms with Crippen molar-refractivity contribution >= 4 is 28.6 Å². The minimum absolute atomic E-state index is 0.131. The molecule has 0 aliphatic carbocycles. The Morgan fingerprint density at radius 3 is 2.75 bits per heavy atom. The molecule has 1 rings (SSSR count). The van der Waals surface area contributed by atoms with Crippen molar-refractivity contribution in [2.45, 2.75) is 6.42 Å². The van der Waals surface area contributed by atoms with E-state index in [1.807, 2.05) is 22.6 Å². The van der Waals surface area contributed by atoms with Gasteiger partial charge in [-0.2, -0.15) is 0 Å². The number of carboxylic acids is 1. The lowest BCUT2D eigenvalue weighted by Gasteiger charge is -1.98.